The van der Waals surface area contributed by atoms with E-state index in [1.165, 1.54) is 64.2 Å². The van der Waals surface area contributed by atoms with Crippen molar-refractivity contribution in [1.82, 2.24) is 0 Å². The Morgan fingerprint density at radius 2 is 1.35 bits per heavy atom. The van der Waals surface area contributed by atoms with Crippen molar-refractivity contribution in [2.24, 2.45) is 23.7 Å². The summed E-state index contributed by atoms with van der Waals surface area (Å²) in [6.45, 7) is 7.81. The molecule has 2 aliphatic rings. The van der Waals surface area contributed by atoms with Gasteiger partial charge in [0.25, 0.3) is 0 Å². The highest BCUT2D eigenvalue weighted by Gasteiger charge is 2.23. The molecule has 2 rings (SSSR count). The van der Waals surface area contributed by atoms with Crippen molar-refractivity contribution in [2.45, 2.75) is 71.1 Å². The lowest BCUT2D eigenvalue weighted by Crippen LogP contribution is -2.20. The SMILES string of the molecule is C=CCOCC1CCC(CC[C@H]2CC[C@H](C)CC2)CC1. The van der Waals surface area contributed by atoms with Gasteiger partial charge >= 0.3 is 0 Å². The van der Waals surface area contributed by atoms with E-state index in [-0.39, 0.29) is 0 Å². The summed E-state index contributed by atoms with van der Waals surface area (Å²) in [5, 5.41) is 0. The van der Waals surface area contributed by atoms with E-state index in [9.17, 15) is 0 Å². The Morgan fingerprint density at radius 1 is 0.850 bits per heavy atom. The van der Waals surface area contributed by atoms with Crippen molar-refractivity contribution in [3.8, 4) is 0 Å². The van der Waals surface area contributed by atoms with Crippen molar-refractivity contribution in [1.29, 1.82) is 0 Å². The van der Waals surface area contributed by atoms with Gasteiger partial charge in [0, 0.05) is 6.61 Å². The fourth-order valence-electron chi connectivity index (χ4n) is 4.09. The van der Waals surface area contributed by atoms with Crippen LogP contribution in [0.2, 0.25) is 0 Å². The van der Waals surface area contributed by atoms with E-state index in [0.717, 1.165) is 36.9 Å². The van der Waals surface area contributed by atoms with Crippen LogP contribution in [0.15, 0.2) is 12.7 Å². The molecule has 0 bridgehead atoms. The summed E-state index contributed by atoms with van der Waals surface area (Å²) >= 11 is 0. The second kappa shape index (κ2) is 8.87. The third-order valence-electron chi connectivity index (χ3n) is 5.67. The van der Waals surface area contributed by atoms with Crippen molar-refractivity contribution in [3.63, 3.8) is 0 Å². The molecule has 0 heterocycles. The van der Waals surface area contributed by atoms with Crippen LogP contribution in [0.1, 0.15) is 71.1 Å². The summed E-state index contributed by atoms with van der Waals surface area (Å²) in [7, 11) is 0. The van der Waals surface area contributed by atoms with Gasteiger partial charge in [-0.2, -0.15) is 0 Å². The van der Waals surface area contributed by atoms with E-state index in [1.807, 2.05) is 6.08 Å². The highest BCUT2D eigenvalue weighted by atomic mass is 16.5. The molecule has 1 heteroatoms. The van der Waals surface area contributed by atoms with E-state index in [2.05, 4.69) is 13.5 Å². The standard InChI is InChI=1S/C19H34O/c1-3-14-20-15-19-12-10-18(11-13-19)9-8-17-6-4-16(2)5-7-17/h3,16-19H,1,4-15H2,2H3/t16-,17-,18?,19?. The first-order chi connectivity index (χ1) is 9.78. The van der Waals surface area contributed by atoms with Gasteiger partial charge in [0.15, 0.2) is 0 Å². The van der Waals surface area contributed by atoms with E-state index >= 15 is 0 Å². The number of ether oxygens (including phenoxy) is 1. The molecule has 0 saturated heterocycles. The second-order valence-corrected chi connectivity index (χ2v) is 7.42. The Labute approximate surface area is 126 Å². The molecule has 0 radical (unpaired) electrons. The topological polar surface area (TPSA) is 9.23 Å². The molecule has 2 saturated carbocycles. The third-order valence-corrected chi connectivity index (χ3v) is 5.67. The molecule has 0 amide bonds. The Bertz CT molecular complexity index is 257. The van der Waals surface area contributed by atoms with Gasteiger partial charge in [0.2, 0.25) is 0 Å². The molecule has 20 heavy (non-hydrogen) atoms. The second-order valence-electron chi connectivity index (χ2n) is 7.42. The summed E-state index contributed by atoms with van der Waals surface area (Å²) in [5.74, 6) is 3.89. The van der Waals surface area contributed by atoms with Gasteiger partial charge in [-0.15, -0.1) is 6.58 Å². The monoisotopic (exact) mass is 278 g/mol. The van der Waals surface area contributed by atoms with Gasteiger partial charge < -0.3 is 4.74 Å². The zero-order chi connectivity index (χ0) is 14.2. The lowest BCUT2D eigenvalue weighted by Gasteiger charge is -2.31. The Kier molecular flexibility index (Phi) is 7.13. The predicted molar refractivity (Wildman–Crippen MR) is 86.8 cm³/mol. The molecule has 0 N–H and O–H groups in total. The fourth-order valence-corrected chi connectivity index (χ4v) is 4.09. The Morgan fingerprint density at radius 3 is 1.90 bits per heavy atom. The molecular formula is C19H34O. The van der Waals surface area contributed by atoms with E-state index in [1.54, 1.807) is 0 Å². The molecule has 2 aliphatic carbocycles. The van der Waals surface area contributed by atoms with E-state index in [4.69, 9.17) is 4.74 Å². The van der Waals surface area contributed by atoms with Crippen LogP contribution in [0.25, 0.3) is 0 Å². The van der Waals surface area contributed by atoms with Gasteiger partial charge in [-0.25, -0.2) is 0 Å². The normalized spacial score (nSPS) is 34.9. The molecule has 0 spiro atoms. The van der Waals surface area contributed by atoms with Crippen LogP contribution in [0.5, 0.6) is 0 Å². The van der Waals surface area contributed by atoms with Gasteiger partial charge in [0.1, 0.15) is 0 Å². The van der Waals surface area contributed by atoms with Crippen molar-refractivity contribution >= 4 is 0 Å². The minimum Gasteiger partial charge on any atom is -0.377 e. The van der Waals surface area contributed by atoms with Crippen LogP contribution in [0.3, 0.4) is 0 Å². The minimum absolute atomic E-state index is 0.722. The van der Waals surface area contributed by atoms with Gasteiger partial charge in [-0.1, -0.05) is 64.4 Å². The zero-order valence-electron chi connectivity index (χ0n) is 13.5. The van der Waals surface area contributed by atoms with Crippen LogP contribution in [-0.2, 0) is 4.74 Å². The number of hydrogen-bond acceptors (Lipinski definition) is 1. The van der Waals surface area contributed by atoms with Crippen LogP contribution in [-0.4, -0.2) is 13.2 Å². The van der Waals surface area contributed by atoms with Crippen LogP contribution < -0.4 is 0 Å². The molecule has 0 aromatic heterocycles. The zero-order valence-corrected chi connectivity index (χ0v) is 13.5. The highest BCUT2D eigenvalue weighted by molar-refractivity contribution is 4.76. The maximum Gasteiger partial charge on any atom is 0.0644 e. The van der Waals surface area contributed by atoms with Crippen molar-refractivity contribution < 1.29 is 4.74 Å². The molecule has 1 nitrogen and oxygen atoms in total. The molecule has 0 aromatic rings. The van der Waals surface area contributed by atoms with Gasteiger partial charge in [-0.05, 0) is 36.5 Å². The molecule has 116 valence electrons. The first-order valence-electron chi connectivity index (χ1n) is 8.96. The summed E-state index contributed by atoms with van der Waals surface area (Å²) in [4.78, 5) is 0. The minimum atomic E-state index is 0.722. The predicted octanol–water partition coefficient (Wildman–Crippen LogP) is 5.60. The van der Waals surface area contributed by atoms with Crippen molar-refractivity contribution in [3.05, 3.63) is 12.7 Å². The van der Waals surface area contributed by atoms with Crippen LogP contribution in [0.4, 0.5) is 0 Å². The molecule has 0 unspecified atom stereocenters. The lowest BCUT2D eigenvalue weighted by molar-refractivity contribution is 0.0937. The molecular weight excluding hydrogens is 244 g/mol. The van der Waals surface area contributed by atoms with Crippen LogP contribution >= 0.6 is 0 Å². The first-order valence-corrected chi connectivity index (χ1v) is 8.96. The largest absolute Gasteiger partial charge is 0.377 e. The lowest BCUT2D eigenvalue weighted by atomic mass is 9.76. The van der Waals surface area contributed by atoms with E-state index < -0.39 is 0 Å². The summed E-state index contributed by atoms with van der Waals surface area (Å²) in [6.07, 6.45) is 16.5. The number of hydrogen-bond donors (Lipinski definition) is 0. The summed E-state index contributed by atoms with van der Waals surface area (Å²) in [5.41, 5.74) is 0. The summed E-state index contributed by atoms with van der Waals surface area (Å²) in [6, 6.07) is 0. The molecule has 0 aromatic carbocycles. The van der Waals surface area contributed by atoms with Gasteiger partial charge in [-0.3, -0.25) is 0 Å². The highest BCUT2D eigenvalue weighted by Crippen LogP contribution is 2.36. The Balaban J connectivity index is 1.54. The number of rotatable bonds is 7. The Hall–Kier alpha value is -0.300. The maximum absolute atomic E-state index is 5.60. The molecule has 0 aliphatic heterocycles. The quantitative estimate of drug-likeness (QED) is 0.435. The van der Waals surface area contributed by atoms with E-state index in [0.29, 0.717) is 0 Å². The molecule has 2 fully saturated rings. The fraction of sp³-hybridized carbons (Fsp3) is 0.895. The average molecular weight is 278 g/mol. The third kappa shape index (κ3) is 5.60. The first kappa shape index (κ1) is 16.1. The maximum atomic E-state index is 5.60. The summed E-state index contributed by atoms with van der Waals surface area (Å²) < 4.78 is 5.60. The molecule has 0 atom stereocenters. The van der Waals surface area contributed by atoms with Gasteiger partial charge in [0.05, 0.1) is 6.61 Å². The smallest absolute Gasteiger partial charge is 0.0644 e. The van der Waals surface area contributed by atoms with Crippen LogP contribution in [0, 0.1) is 23.7 Å². The average Bonchev–Trinajstić information content (AvgIpc) is 2.48. The van der Waals surface area contributed by atoms with Crippen molar-refractivity contribution in [2.75, 3.05) is 13.2 Å².